The number of rotatable bonds is 2. The Morgan fingerprint density at radius 3 is 2.65 bits per heavy atom. The number of aromatic nitrogens is 1. The average Bonchev–Trinajstić information content (AvgIpc) is 2.27. The first-order chi connectivity index (χ1) is 7.96. The van der Waals surface area contributed by atoms with Crippen LogP contribution in [-0.4, -0.2) is 28.1 Å². The topological polar surface area (TPSA) is 56.3 Å². The van der Waals surface area contributed by atoms with Gasteiger partial charge < -0.3 is 10.1 Å². The number of H-pyrrole nitrogens is 1. The second-order valence-corrected chi connectivity index (χ2v) is 5.65. The highest BCUT2D eigenvalue weighted by molar-refractivity contribution is 5.18. The van der Waals surface area contributed by atoms with Crippen LogP contribution in [0.25, 0.3) is 0 Å². The third-order valence-corrected chi connectivity index (χ3v) is 3.56. The molecule has 0 amide bonds. The molecule has 1 saturated heterocycles. The summed E-state index contributed by atoms with van der Waals surface area (Å²) in [5, 5.41) is 9.16. The van der Waals surface area contributed by atoms with Crippen molar-refractivity contribution in [2.75, 3.05) is 13.1 Å². The van der Waals surface area contributed by atoms with Crippen molar-refractivity contribution in [3.05, 3.63) is 28.2 Å². The summed E-state index contributed by atoms with van der Waals surface area (Å²) >= 11 is 0. The lowest BCUT2D eigenvalue weighted by molar-refractivity contribution is 0.126. The molecule has 4 heteroatoms. The first kappa shape index (κ1) is 12.2. The second kappa shape index (κ2) is 4.53. The van der Waals surface area contributed by atoms with Crippen molar-refractivity contribution < 1.29 is 5.11 Å². The van der Waals surface area contributed by atoms with E-state index in [1.165, 1.54) is 25.1 Å². The van der Waals surface area contributed by atoms with Gasteiger partial charge in [-0.2, -0.15) is 0 Å². The number of likely N-dealkylation sites (tertiary alicyclic amines) is 1. The van der Waals surface area contributed by atoms with E-state index in [1.807, 2.05) is 0 Å². The fourth-order valence-corrected chi connectivity index (χ4v) is 2.15. The summed E-state index contributed by atoms with van der Waals surface area (Å²) in [4.78, 5) is 16.6. The van der Waals surface area contributed by atoms with Gasteiger partial charge in [-0.15, -0.1) is 0 Å². The fourth-order valence-electron chi connectivity index (χ4n) is 2.15. The summed E-state index contributed by atoms with van der Waals surface area (Å²) in [5.74, 6) is -0.214. The Bertz CT molecular complexity index is 441. The first-order valence-corrected chi connectivity index (χ1v) is 6.09. The minimum absolute atomic E-state index is 0.214. The van der Waals surface area contributed by atoms with Crippen molar-refractivity contribution in [1.29, 1.82) is 0 Å². The summed E-state index contributed by atoms with van der Waals surface area (Å²) in [6, 6.07) is 1.48. The monoisotopic (exact) mass is 236 g/mol. The van der Waals surface area contributed by atoms with E-state index in [0.29, 0.717) is 5.41 Å². The highest BCUT2D eigenvalue weighted by Gasteiger charge is 2.25. The molecule has 1 aliphatic rings. The van der Waals surface area contributed by atoms with Crippen LogP contribution in [0, 0.1) is 5.41 Å². The lowest BCUT2D eigenvalue weighted by Crippen LogP contribution is -2.37. The molecule has 0 saturated carbocycles. The van der Waals surface area contributed by atoms with E-state index < -0.39 is 0 Å². The highest BCUT2D eigenvalue weighted by Crippen LogP contribution is 2.30. The standard InChI is InChI=1S/C13H20N2O2/c1-13(2)3-5-15(6-4-13)9-10-7-11(16)12(17)8-14-10/h7-8,17H,3-6,9H2,1-2H3,(H,14,16). The van der Waals surface area contributed by atoms with Gasteiger partial charge in [0.25, 0.3) is 0 Å². The number of aromatic hydroxyl groups is 1. The Balaban J connectivity index is 1.98. The quantitative estimate of drug-likeness (QED) is 0.821. The molecule has 2 rings (SSSR count). The molecule has 0 spiro atoms. The molecule has 0 atom stereocenters. The van der Waals surface area contributed by atoms with Gasteiger partial charge in [0.15, 0.2) is 5.75 Å². The molecule has 1 aromatic rings. The van der Waals surface area contributed by atoms with E-state index in [4.69, 9.17) is 5.11 Å². The predicted molar refractivity (Wildman–Crippen MR) is 67.0 cm³/mol. The SMILES string of the molecule is CC1(C)CCN(Cc2cc(=O)c(O)c[nH]2)CC1. The molecule has 1 aliphatic heterocycles. The summed E-state index contributed by atoms with van der Waals surface area (Å²) in [7, 11) is 0. The van der Waals surface area contributed by atoms with Gasteiger partial charge >= 0.3 is 0 Å². The van der Waals surface area contributed by atoms with Crippen molar-refractivity contribution in [3.63, 3.8) is 0 Å². The average molecular weight is 236 g/mol. The largest absolute Gasteiger partial charge is 0.503 e. The highest BCUT2D eigenvalue weighted by atomic mass is 16.3. The lowest BCUT2D eigenvalue weighted by atomic mass is 9.83. The van der Waals surface area contributed by atoms with Crippen molar-refractivity contribution in [2.45, 2.75) is 33.2 Å². The molecule has 0 unspecified atom stereocenters. The van der Waals surface area contributed by atoms with E-state index >= 15 is 0 Å². The van der Waals surface area contributed by atoms with Crippen LogP contribution < -0.4 is 5.43 Å². The summed E-state index contributed by atoms with van der Waals surface area (Å²) in [6.45, 7) is 7.48. The summed E-state index contributed by atoms with van der Waals surface area (Å²) in [5.41, 5.74) is 1.00. The van der Waals surface area contributed by atoms with Gasteiger partial charge in [-0.3, -0.25) is 9.69 Å². The van der Waals surface area contributed by atoms with Crippen molar-refractivity contribution in [3.8, 4) is 5.75 Å². The van der Waals surface area contributed by atoms with Gasteiger partial charge in [-0.25, -0.2) is 0 Å². The van der Waals surface area contributed by atoms with Crippen LogP contribution in [0.1, 0.15) is 32.4 Å². The number of piperidine rings is 1. The zero-order valence-corrected chi connectivity index (χ0v) is 10.5. The van der Waals surface area contributed by atoms with Crippen LogP contribution in [0.4, 0.5) is 0 Å². The number of nitrogens with zero attached hydrogens (tertiary/aromatic N) is 1. The van der Waals surface area contributed by atoms with Crippen LogP contribution in [0.3, 0.4) is 0 Å². The van der Waals surface area contributed by atoms with Gasteiger partial charge in [0.05, 0.1) is 0 Å². The third kappa shape index (κ3) is 3.09. The molecular weight excluding hydrogens is 216 g/mol. The maximum absolute atomic E-state index is 11.3. The van der Waals surface area contributed by atoms with Gasteiger partial charge in [0.2, 0.25) is 5.43 Å². The van der Waals surface area contributed by atoms with Crippen LogP contribution in [-0.2, 0) is 6.54 Å². The zero-order chi connectivity index (χ0) is 12.5. The Morgan fingerprint density at radius 1 is 1.41 bits per heavy atom. The minimum Gasteiger partial charge on any atom is -0.503 e. The molecule has 0 bridgehead atoms. The van der Waals surface area contributed by atoms with Gasteiger partial charge in [0.1, 0.15) is 0 Å². The second-order valence-electron chi connectivity index (χ2n) is 5.65. The molecule has 2 heterocycles. The predicted octanol–water partition coefficient (Wildman–Crippen LogP) is 1.70. The van der Waals surface area contributed by atoms with E-state index in [-0.39, 0.29) is 11.2 Å². The van der Waals surface area contributed by atoms with E-state index in [2.05, 4.69) is 23.7 Å². The van der Waals surface area contributed by atoms with Gasteiger partial charge in [0, 0.05) is 24.5 Å². The van der Waals surface area contributed by atoms with Crippen LogP contribution in [0.2, 0.25) is 0 Å². The van der Waals surface area contributed by atoms with Crippen LogP contribution in [0.5, 0.6) is 5.75 Å². The molecule has 0 aromatic carbocycles. The Labute approximate surface area is 101 Å². The molecular formula is C13H20N2O2. The van der Waals surface area contributed by atoms with Crippen molar-refractivity contribution >= 4 is 0 Å². The van der Waals surface area contributed by atoms with Crippen LogP contribution >= 0.6 is 0 Å². The number of pyridine rings is 1. The number of nitrogens with one attached hydrogen (secondary N) is 1. The van der Waals surface area contributed by atoms with Gasteiger partial charge in [-0.05, 0) is 31.3 Å². The Hall–Kier alpha value is -1.29. The molecule has 2 N–H and O–H groups in total. The molecule has 1 fully saturated rings. The number of hydrogen-bond donors (Lipinski definition) is 2. The van der Waals surface area contributed by atoms with Crippen molar-refractivity contribution in [1.82, 2.24) is 9.88 Å². The minimum atomic E-state index is -0.309. The third-order valence-electron chi connectivity index (χ3n) is 3.56. The Kier molecular flexibility index (Phi) is 3.24. The molecule has 0 radical (unpaired) electrons. The lowest BCUT2D eigenvalue weighted by Gasteiger charge is -2.36. The number of aromatic amines is 1. The molecule has 17 heavy (non-hydrogen) atoms. The Morgan fingerprint density at radius 2 is 2.06 bits per heavy atom. The molecule has 1 aromatic heterocycles. The van der Waals surface area contributed by atoms with E-state index in [9.17, 15) is 4.79 Å². The number of hydrogen-bond acceptors (Lipinski definition) is 3. The van der Waals surface area contributed by atoms with Crippen LogP contribution in [0.15, 0.2) is 17.1 Å². The normalized spacial score (nSPS) is 20.4. The maximum Gasteiger partial charge on any atom is 0.223 e. The van der Waals surface area contributed by atoms with Crippen molar-refractivity contribution in [2.24, 2.45) is 5.41 Å². The summed E-state index contributed by atoms with van der Waals surface area (Å²) < 4.78 is 0. The van der Waals surface area contributed by atoms with E-state index in [0.717, 1.165) is 25.3 Å². The molecule has 0 aliphatic carbocycles. The summed E-state index contributed by atoms with van der Waals surface area (Å²) in [6.07, 6.45) is 3.75. The fraction of sp³-hybridized carbons (Fsp3) is 0.615. The maximum atomic E-state index is 11.3. The smallest absolute Gasteiger partial charge is 0.223 e. The first-order valence-electron chi connectivity index (χ1n) is 6.09. The van der Waals surface area contributed by atoms with Gasteiger partial charge in [-0.1, -0.05) is 13.8 Å². The molecule has 94 valence electrons. The van der Waals surface area contributed by atoms with E-state index in [1.54, 1.807) is 0 Å². The zero-order valence-electron chi connectivity index (χ0n) is 10.5. The molecule has 4 nitrogen and oxygen atoms in total.